The van der Waals surface area contributed by atoms with Gasteiger partial charge in [-0.25, -0.2) is 0 Å². The van der Waals surface area contributed by atoms with Gasteiger partial charge >= 0.3 is 0 Å². The zero-order valence-corrected chi connectivity index (χ0v) is 11.5. The van der Waals surface area contributed by atoms with Crippen molar-refractivity contribution in [2.45, 2.75) is 45.1 Å². The van der Waals surface area contributed by atoms with E-state index in [1.54, 1.807) is 0 Å². The van der Waals surface area contributed by atoms with E-state index in [9.17, 15) is 4.79 Å². The van der Waals surface area contributed by atoms with Crippen molar-refractivity contribution in [1.82, 2.24) is 10.2 Å². The molecule has 2 heterocycles. The molecule has 1 atom stereocenters. The molecule has 4 nitrogen and oxygen atoms in total. The fourth-order valence-electron chi connectivity index (χ4n) is 2.87. The molecule has 2 aliphatic rings. The Morgan fingerprint density at radius 2 is 2.11 bits per heavy atom. The highest BCUT2D eigenvalue weighted by Gasteiger charge is 2.29. The van der Waals surface area contributed by atoms with Gasteiger partial charge in [0.1, 0.15) is 0 Å². The maximum Gasteiger partial charge on any atom is 0.239 e. The van der Waals surface area contributed by atoms with E-state index in [0.717, 1.165) is 65.0 Å². The van der Waals surface area contributed by atoms with Crippen molar-refractivity contribution in [2.75, 3.05) is 32.8 Å². The number of nitrogens with zero attached hydrogens (tertiary/aromatic N) is 1. The Morgan fingerprint density at radius 1 is 1.33 bits per heavy atom. The minimum absolute atomic E-state index is 0.0681. The number of amides is 1. The predicted molar refractivity (Wildman–Crippen MR) is 71.4 cm³/mol. The SMILES string of the molecule is CCCNC1CCCN(CC2CCOCC2)C1=O. The fraction of sp³-hybridized carbons (Fsp3) is 0.929. The molecule has 0 spiro atoms. The molecule has 104 valence electrons. The van der Waals surface area contributed by atoms with Gasteiger partial charge in [0.05, 0.1) is 6.04 Å². The number of carbonyl (C=O) groups excluding carboxylic acids is 1. The average molecular weight is 254 g/mol. The molecule has 0 radical (unpaired) electrons. The monoisotopic (exact) mass is 254 g/mol. The van der Waals surface area contributed by atoms with Crippen LogP contribution < -0.4 is 5.32 Å². The Balaban J connectivity index is 1.81. The molecule has 0 aliphatic carbocycles. The smallest absolute Gasteiger partial charge is 0.239 e. The van der Waals surface area contributed by atoms with Crippen molar-refractivity contribution in [3.63, 3.8) is 0 Å². The number of ether oxygens (including phenoxy) is 1. The van der Waals surface area contributed by atoms with E-state index in [0.29, 0.717) is 11.8 Å². The van der Waals surface area contributed by atoms with Gasteiger partial charge in [0, 0.05) is 26.3 Å². The molecular formula is C14H26N2O2. The molecule has 1 N–H and O–H groups in total. The normalized spacial score (nSPS) is 26.6. The molecule has 2 aliphatic heterocycles. The quantitative estimate of drug-likeness (QED) is 0.806. The molecule has 1 unspecified atom stereocenters. The number of carbonyl (C=O) groups is 1. The van der Waals surface area contributed by atoms with Gasteiger partial charge < -0.3 is 15.0 Å². The van der Waals surface area contributed by atoms with Gasteiger partial charge in [0.2, 0.25) is 5.91 Å². The lowest BCUT2D eigenvalue weighted by molar-refractivity contribution is -0.137. The number of rotatable bonds is 5. The second-order valence-corrected chi connectivity index (χ2v) is 5.49. The number of nitrogens with one attached hydrogen (secondary N) is 1. The molecule has 0 bridgehead atoms. The van der Waals surface area contributed by atoms with Gasteiger partial charge in [0.25, 0.3) is 0 Å². The molecule has 0 aromatic rings. The standard InChI is InChI=1S/C14H26N2O2/c1-2-7-15-13-4-3-8-16(14(13)17)11-12-5-9-18-10-6-12/h12-13,15H,2-11H2,1H3. The first-order chi connectivity index (χ1) is 8.81. The Bertz CT molecular complexity index is 265. The number of piperidine rings is 1. The molecular weight excluding hydrogens is 228 g/mol. The van der Waals surface area contributed by atoms with E-state index >= 15 is 0 Å². The summed E-state index contributed by atoms with van der Waals surface area (Å²) >= 11 is 0. The Kier molecular flexibility index (Phi) is 5.45. The van der Waals surface area contributed by atoms with E-state index in [-0.39, 0.29) is 6.04 Å². The summed E-state index contributed by atoms with van der Waals surface area (Å²) in [6.07, 6.45) is 5.44. The summed E-state index contributed by atoms with van der Waals surface area (Å²) in [5.41, 5.74) is 0. The molecule has 2 rings (SSSR count). The lowest BCUT2D eigenvalue weighted by atomic mass is 9.97. The summed E-state index contributed by atoms with van der Waals surface area (Å²) in [6.45, 7) is 6.70. The molecule has 2 saturated heterocycles. The van der Waals surface area contributed by atoms with Crippen molar-refractivity contribution in [2.24, 2.45) is 5.92 Å². The second kappa shape index (κ2) is 7.10. The lowest BCUT2D eigenvalue weighted by Crippen LogP contribution is -2.52. The number of hydrogen-bond donors (Lipinski definition) is 1. The van der Waals surface area contributed by atoms with Crippen molar-refractivity contribution in [1.29, 1.82) is 0 Å². The Hall–Kier alpha value is -0.610. The maximum atomic E-state index is 12.3. The first-order valence-corrected chi connectivity index (χ1v) is 7.41. The lowest BCUT2D eigenvalue weighted by Gasteiger charge is -2.36. The Labute approximate surface area is 110 Å². The van der Waals surface area contributed by atoms with Crippen LogP contribution in [-0.2, 0) is 9.53 Å². The van der Waals surface area contributed by atoms with Crippen LogP contribution in [0.4, 0.5) is 0 Å². The van der Waals surface area contributed by atoms with Crippen LogP contribution in [0.5, 0.6) is 0 Å². The topological polar surface area (TPSA) is 41.6 Å². The van der Waals surface area contributed by atoms with E-state index in [1.807, 2.05) is 0 Å². The fourth-order valence-corrected chi connectivity index (χ4v) is 2.87. The summed E-state index contributed by atoms with van der Waals surface area (Å²) in [7, 11) is 0. The van der Waals surface area contributed by atoms with Crippen LogP contribution in [0.2, 0.25) is 0 Å². The van der Waals surface area contributed by atoms with Crippen LogP contribution in [0, 0.1) is 5.92 Å². The third kappa shape index (κ3) is 3.69. The van der Waals surface area contributed by atoms with Crippen LogP contribution in [0.1, 0.15) is 39.0 Å². The highest BCUT2D eigenvalue weighted by molar-refractivity contribution is 5.82. The van der Waals surface area contributed by atoms with Crippen molar-refractivity contribution in [3.8, 4) is 0 Å². The van der Waals surface area contributed by atoms with Gasteiger partial charge in [-0.3, -0.25) is 4.79 Å². The summed E-state index contributed by atoms with van der Waals surface area (Å²) in [5.74, 6) is 0.966. The molecule has 4 heteroatoms. The maximum absolute atomic E-state index is 12.3. The highest BCUT2D eigenvalue weighted by atomic mass is 16.5. The van der Waals surface area contributed by atoms with Gasteiger partial charge in [-0.05, 0) is 44.6 Å². The summed E-state index contributed by atoms with van der Waals surface area (Å²) in [6, 6.07) is 0.0681. The summed E-state index contributed by atoms with van der Waals surface area (Å²) in [5, 5.41) is 3.37. The molecule has 2 fully saturated rings. The average Bonchev–Trinajstić information content (AvgIpc) is 2.41. The van der Waals surface area contributed by atoms with Crippen LogP contribution in [-0.4, -0.2) is 49.7 Å². The van der Waals surface area contributed by atoms with E-state index in [1.165, 1.54) is 0 Å². The molecule has 0 aromatic heterocycles. The third-order valence-corrected chi connectivity index (χ3v) is 3.99. The van der Waals surface area contributed by atoms with E-state index in [2.05, 4.69) is 17.1 Å². The number of hydrogen-bond acceptors (Lipinski definition) is 3. The molecule has 18 heavy (non-hydrogen) atoms. The third-order valence-electron chi connectivity index (χ3n) is 3.99. The summed E-state index contributed by atoms with van der Waals surface area (Å²) < 4.78 is 5.37. The highest BCUT2D eigenvalue weighted by Crippen LogP contribution is 2.19. The minimum atomic E-state index is 0.0681. The van der Waals surface area contributed by atoms with Gasteiger partial charge in [0.15, 0.2) is 0 Å². The zero-order valence-electron chi connectivity index (χ0n) is 11.5. The van der Waals surface area contributed by atoms with E-state index in [4.69, 9.17) is 4.74 Å². The van der Waals surface area contributed by atoms with E-state index < -0.39 is 0 Å². The minimum Gasteiger partial charge on any atom is -0.381 e. The van der Waals surface area contributed by atoms with Crippen molar-refractivity contribution >= 4 is 5.91 Å². The Morgan fingerprint density at radius 3 is 2.83 bits per heavy atom. The molecule has 0 saturated carbocycles. The summed E-state index contributed by atoms with van der Waals surface area (Å²) in [4.78, 5) is 14.4. The molecule has 1 amide bonds. The predicted octanol–water partition coefficient (Wildman–Crippen LogP) is 1.40. The van der Waals surface area contributed by atoms with Crippen LogP contribution in [0.3, 0.4) is 0 Å². The van der Waals surface area contributed by atoms with Crippen molar-refractivity contribution in [3.05, 3.63) is 0 Å². The van der Waals surface area contributed by atoms with Crippen LogP contribution in [0.25, 0.3) is 0 Å². The molecule has 0 aromatic carbocycles. The first-order valence-electron chi connectivity index (χ1n) is 7.41. The van der Waals surface area contributed by atoms with Gasteiger partial charge in [-0.15, -0.1) is 0 Å². The van der Waals surface area contributed by atoms with Gasteiger partial charge in [-0.1, -0.05) is 6.92 Å². The largest absolute Gasteiger partial charge is 0.381 e. The van der Waals surface area contributed by atoms with Gasteiger partial charge in [-0.2, -0.15) is 0 Å². The second-order valence-electron chi connectivity index (χ2n) is 5.49. The number of likely N-dealkylation sites (tertiary alicyclic amines) is 1. The van der Waals surface area contributed by atoms with Crippen LogP contribution >= 0.6 is 0 Å². The van der Waals surface area contributed by atoms with Crippen molar-refractivity contribution < 1.29 is 9.53 Å². The first kappa shape index (κ1) is 13.8. The van der Waals surface area contributed by atoms with Crippen LogP contribution in [0.15, 0.2) is 0 Å². The zero-order chi connectivity index (χ0) is 12.8.